The highest BCUT2D eigenvalue weighted by Gasteiger charge is 2.34. The van der Waals surface area contributed by atoms with Crippen molar-refractivity contribution in [2.24, 2.45) is 0 Å². The maximum atomic E-state index is 11.2. The molecule has 0 N–H and O–H groups in total. The van der Waals surface area contributed by atoms with Crippen LogP contribution in [0.5, 0.6) is 0 Å². The number of ether oxygens (including phenoxy) is 1. The molecule has 74 valence electrons. The number of nitrogens with zero attached hydrogens (tertiary/aromatic N) is 1. The Hall–Kier alpha value is -0.420. The van der Waals surface area contributed by atoms with Gasteiger partial charge in [0.05, 0.1) is 13.0 Å². The average Bonchev–Trinajstić information content (AvgIpc) is 2.63. The van der Waals surface area contributed by atoms with Crippen LogP contribution >= 0.6 is 23.4 Å². The molecule has 0 unspecified atom stereocenters. The van der Waals surface area contributed by atoms with Gasteiger partial charge in [0.1, 0.15) is 11.9 Å². The summed E-state index contributed by atoms with van der Waals surface area (Å²) in [4.78, 5) is 23.8. The van der Waals surface area contributed by atoms with Crippen molar-refractivity contribution in [3.8, 4) is 0 Å². The molecular formula is C7H10ClNO3S. The fraction of sp³-hybridized carbons (Fsp3) is 0.714. The van der Waals surface area contributed by atoms with Gasteiger partial charge < -0.3 is 9.64 Å². The molecule has 0 saturated carbocycles. The smallest absolute Gasteiger partial charge is 0.329 e. The second-order valence-corrected chi connectivity index (χ2v) is 3.80. The number of hydrogen-bond donors (Lipinski definition) is 0. The lowest BCUT2D eigenvalue weighted by Gasteiger charge is -2.20. The second-order valence-electron chi connectivity index (χ2n) is 2.54. The third kappa shape index (κ3) is 2.28. The molecule has 1 aliphatic heterocycles. The van der Waals surface area contributed by atoms with E-state index in [-0.39, 0.29) is 17.8 Å². The van der Waals surface area contributed by atoms with Crippen molar-refractivity contribution < 1.29 is 14.3 Å². The zero-order chi connectivity index (χ0) is 9.84. The minimum Gasteiger partial charge on any atom is -0.467 e. The largest absolute Gasteiger partial charge is 0.467 e. The van der Waals surface area contributed by atoms with E-state index in [4.69, 9.17) is 11.6 Å². The van der Waals surface area contributed by atoms with E-state index in [0.717, 1.165) is 0 Å². The van der Waals surface area contributed by atoms with Gasteiger partial charge in [-0.25, -0.2) is 4.79 Å². The predicted octanol–water partition coefficient (Wildman–Crippen LogP) is 0.300. The maximum Gasteiger partial charge on any atom is 0.329 e. The summed E-state index contributed by atoms with van der Waals surface area (Å²) in [5.74, 6) is 0.430. The van der Waals surface area contributed by atoms with Crippen LogP contribution in [0.4, 0.5) is 0 Å². The SMILES string of the molecule is COC(=O)[C@@H]1CSCN1C(=O)CCl. The van der Waals surface area contributed by atoms with Crippen molar-refractivity contribution in [2.75, 3.05) is 24.6 Å². The van der Waals surface area contributed by atoms with Crippen molar-refractivity contribution in [3.05, 3.63) is 0 Å². The number of hydrogen-bond acceptors (Lipinski definition) is 4. The molecule has 0 spiro atoms. The highest BCUT2D eigenvalue weighted by atomic mass is 35.5. The summed E-state index contributed by atoms with van der Waals surface area (Å²) in [6.45, 7) is 0. The summed E-state index contributed by atoms with van der Waals surface area (Å²) in [5, 5.41) is 0. The van der Waals surface area contributed by atoms with E-state index in [0.29, 0.717) is 11.6 Å². The number of halogens is 1. The number of alkyl halides is 1. The zero-order valence-corrected chi connectivity index (χ0v) is 8.73. The third-order valence-electron chi connectivity index (χ3n) is 1.79. The average molecular weight is 224 g/mol. The monoisotopic (exact) mass is 223 g/mol. The predicted molar refractivity (Wildman–Crippen MR) is 50.7 cm³/mol. The molecule has 1 aliphatic rings. The van der Waals surface area contributed by atoms with E-state index in [1.54, 1.807) is 0 Å². The van der Waals surface area contributed by atoms with Crippen LogP contribution in [-0.4, -0.2) is 47.4 Å². The van der Waals surface area contributed by atoms with Gasteiger partial charge >= 0.3 is 5.97 Å². The van der Waals surface area contributed by atoms with Crippen molar-refractivity contribution in [1.29, 1.82) is 0 Å². The Balaban J connectivity index is 2.63. The summed E-state index contributed by atoms with van der Waals surface area (Å²) >= 11 is 6.92. The first-order chi connectivity index (χ1) is 6.20. The number of esters is 1. The van der Waals surface area contributed by atoms with Gasteiger partial charge in [-0.1, -0.05) is 0 Å². The Bertz CT molecular complexity index is 202. The van der Waals surface area contributed by atoms with Crippen LogP contribution in [0.25, 0.3) is 0 Å². The van der Waals surface area contributed by atoms with Gasteiger partial charge in [0.25, 0.3) is 0 Å². The van der Waals surface area contributed by atoms with E-state index in [9.17, 15) is 9.59 Å². The van der Waals surface area contributed by atoms with Gasteiger partial charge in [-0.05, 0) is 0 Å². The third-order valence-corrected chi connectivity index (χ3v) is 3.03. The van der Waals surface area contributed by atoms with Crippen LogP contribution in [-0.2, 0) is 14.3 Å². The highest BCUT2D eigenvalue weighted by molar-refractivity contribution is 7.99. The summed E-state index contributed by atoms with van der Waals surface area (Å²) in [6, 6.07) is -0.457. The number of methoxy groups -OCH3 is 1. The van der Waals surface area contributed by atoms with E-state index in [2.05, 4.69) is 4.74 Å². The quantitative estimate of drug-likeness (QED) is 0.499. The Morgan fingerprint density at radius 1 is 1.69 bits per heavy atom. The Labute approximate surface area is 85.5 Å². The van der Waals surface area contributed by atoms with E-state index in [1.165, 1.54) is 23.8 Å². The number of amides is 1. The first kappa shape index (κ1) is 10.7. The maximum absolute atomic E-state index is 11.2. The van der Waals surface area contributed by atoms with Crippen molar-refractivity contribution in [1.82, 2.24) is 4.90 Å². The molecule has 4 nitrogen and oxygen atoms in total. The van der Waals surface area contributed by atoms with Crippen LogP contribution in [0.1, 0.15) is 0 Å². The van der Waals surface area contributed by atoms with Crippen LogP contribution in [0.15, 0.2) is 0 Å². The summed E-state index contributed by atoms with van der Waals surface area (Å²) < 4.78 is 4.57. The molecule has 0 aromatic heterocycles. The van der Waals surface area contributed by atoms with Gasteiger partial charge in [-0.3, -0.25) is 4.79 Å². The molecule has 1 fully saturated rings. The molecule has 0 radical (unpaired) electrons. The molecule has 1 heterocycles. The molecular weight excluding hydrogens is 214 g/mol. The normalized spacial score (nSPS) is 21.7. The topological polar surface area (TPSA) is 46.6 Å². The number of rotatable bonds is 2. The first-order valence-corrected chi connectivity index (χ1v) is 5.40. The minimum atomic E-state index is -0.457. The lowest BCUT2D eigenvalue weighted by molar-refractivity contribution is -0.149. The fourth-order valence-corrected chi connectivity index (χ4v) is 2.42. The van der Waals surface area contributed by atoms with Crippen LogP contribution in [0, 0.1) is 0 Å². The highest BCUT2D eigenvalue weighted by Crippen LogP contribution is 2.21. The van der Waals surface area contributed by atoms with Gasteiger partial charge in [0, 0.05) is 5.75 Å². The molecule has 13 heavy (non-hydrogen) atoms. The summed E-state index contributed by atoms with van der Waals surface area (Å²) in [5.41, 5.74) is 0. The Morgan fingerprint density at radius 3 is 2.92 bits per heavy atom. The van der Waals surface area contributed by atoms with Crippen LogP contribution < -0.4 is 0 Å². The minimum absolute atomic E-state index is 0.0892. The lowest BCUT2D eigenvalue weighted by atomic mass is 10.3. The van der Waals surface area contributed by atoms with Crippen molar-refractivity contribution in [2.45, 2.75) is 6.04 Å². The molecule has 0 aliphatic carbocycles. The van der Waals surface area contributed by atoms with Crippen molar-refractivity contribution >= 4 is 35.2 Å². The Kier molecular flexibility index (Phi) is 3.87. The van der Waals surface area contributed by atoms with Crippen molar-refractivity contribution in [3.63, 3.8) is 0 Å². The van der Waals surface area contributed by atoms with Crippen LogP contribution in [0.2, 0.25) is 0 Å². The number of carbonyl (C=O) groups excluding carboxylic acids is 2. The van der Waals surface area contributed by atoms with Gasteiger partial charge in [-0.2, -0.15) is 0 Å². The zero-order valence-electron chi connectivity index (χ0n) is 7.16. The van der Waals surface area contributed by atoms with E-state index < -0.39 is 6.04 Å². The van der Waals surface area contributed by atoms with Gasteiger partial charge in [-0.15, -0.1) is 23.4 Å². The first-order valence-electron chi connectivity index (χ1n) is 3.71. The molecule has 0 bridgehead atoms. The molecule has 0 aromatic rings. The molecule has 1 rings (SSSR count). The summed E-state index contributed by atoms with van der Waals surface area (Å²) in [6.07, 6.45) is 0. The fourth-order valence-electron chi connectivity index (χ4n) is 1.10. The lowest BCUT2D eigenvalue weighted by Crippen LogP contribution is -2.43. The molecule has 6 heteroatoms. The molecule has 1 atom stereocenters. The molecule has 1 amide bonds. The Morgan fingerprint density at radius 2 is 2.38 bits per heavy atom. The van der Waals surface area contributed by atoms with Crippen LogP contribution in [0.3, 0.4) is 0 Å². The van der Waals surface area contributed by atoms with E-state index in [1.807, 2.05) is 0 Å². The van der Waals surface area contributed by atoms with E-state index >= 15 is 0 Å². The molecule has 0 aromatic carbocycles. The van der Waals surface area contributed by atoms with Gasteiger partial charge in [0.2, 0.25) is 5.91 Å². The second kappa shape index (κ2) is 4.72. The number of thioether (sulfide) groups is 1. The standard InChI is InChI=1S/C7H10ClNO3S/c1-12-7(11)5-3-13-4-9(5)6(10)2-8/h5H,2-4H2,1H3/t5-/m0/s1. The van der Waals surface area contributed by atoms with Gasteiger partial charge in [0.15, 0.2) is 0 Å². The molecule has 1 saturated heterocycles. The summed E-state index contributed by atoms with van der Waals surface area (Å²) in [7, 11) is 1.31. The number of carbonyl (C=O) groups is 2.